The third kappa shape index (κ3) is 3.55. The molecule has 2 atom stereocenters. The van der Waals surface area contributed by atoms with E-state index in [0.717, 1.165) is 25.1 Å². The summed E-state index contributed by atoms with van der Waals surface area (Å²) >= 11 is 0. The van der Waals surface area contributed by atoms with Crippen molar-refractivity contribution in [1.29, 1.82) is 0 Å². The number of anilines is 1. The van der Waals surface area contributed by atoms with E-state index in [2.05, 4.69) is 17.3 Å². The van der Waals surface area contributed by atoms with Gasteiger partial charge in [-0.1, -0.05) is 18.2 Å². The fraction of sp³-hybridized carbons (Fsp3) is 0.579. The van der Waals surface area contributed by atoms with Gasteiger partial charge in [0.1, 0.15) is 6.61 Å². The Bertz CT molecular complexity index is 622. The molecule has 1 N–H and O–H groups in total. The van der Waals surface area contributed by atoms with Crippen molar-refractivity contribution < 1.29 is 14.3 Å². The summed E-state index contributed by atoms with van der Waals surface area (Å²) in [6.07, 6.45) is 2.34. The number of amides is 2. The zero-order chi connectivity index (χ0) is 17.9. The molecule has 6 heteroatoms. The number of likely N-dealkylation sites (tertiary alicyclic amines) is 2. The highest BCUT2D eigenvalue weighted by molar-refractivity contribution is 5.96. The Morgan fingerprint density at radius 3 is 2.64 bits per heavy atom. The number of hydrogen-bond acceptors (Lipinski definition) is 4. The van der Waals surface area contributed by atoms with Crippen molar-refractivity contribution in [2.45, 2.75) is 25.3 Å². The average molecular weight is 345 g/mol. The van der Waals surface area contributed by atoms with Crippen LogP contribution in [0.15, 0.2) is 30.3 Å². The number of para-hydroxylation sites is 1. The van der Waals surface area contributed by atoms with Crippen LogP contribution >= 0.6 is 0 Å². The van der Waals surface area contributed by atoms with Crippen LogP contribution < -0.4 is 5.32 Å². The van der Waals surface area contributed by atoms with Crippen molar-refractivity contribution in [1.82, 2.24) is 9.80 Å². The van der Waals surface area contributed by atoms with Gasteiger partial charge in [-0.25, -0.2) is 0 Å². The molecule has 2 fully saturated rings. The molecule has 0 spiro atoms. The monoisotopic (exact) mass is 345 g/mol. The zero-order valence-electron chi connectivity index (χ0n) is 15.0. The Morgan fingerprint density at radius 1 is 1.20 bits per heavy atom. The van der Waals surface area contributed by atoms with E-state index in [9.17, 15) is 9.59 Å². The fourth-order valence-corrected chi connectivity index (χ4v) is 4.25. The van der Waals surface area contributed by atoms with Crippen molar-refractivity contribution in [3.05, 3.63) is 30.3 Å². The summed E-state index contributed by atoms with van der Waals surface area (Å²) < 4.78 is 4.98. The first kappa shape index (κ1) is 17.9. The topological polar surface area (TPSA) is 61.9 Å². The van der Waals surface area contributed by atoms with Gasteiger partial charge in [0, 0.05) is 31.9 Å². The first-order valence-corrected chi connectivity index (χ1v) is 8.90. The van der Waals surface area contributed by atoms with Crippen LogP contribution in [-0.2, 0) is 14.3 Å². The summed E-state index contributed by atoms with van der Waals surface area (Å²) in [6, 6.07) is 9.76. The average Bonchev–Trinajstić information content (AvgIpc) is 2.81. The van der Waals surface area contributed by atoms with E-state index in [1.165, 1.54) is 7.11 Å². The molecule has 0 aromatic heterocycles. The number of methoxy groups -OCH3 is 1. The zero-order valence-corrected chi connectivity index (χ0v) is 15.0. The number of ether oxygens (including phenoxy) is 1. The molecule has 0 radical (unpaired) electrons. The summed E-state index contributed by atoms with van der Waals surface area (Å²) in [6.45, 7) is 2.30. The van der Waals surface area contributed by atoms with E-state index < -0.39 is 5.41 Å². The van der Waals surface area contributed by atoms with Crippen LogP contribution in [0.3, 0.4) is 0 Å². The third-order valence-corrected chi connectivity index (χ3v) is 5.69. The molecule has 0 saturated carbocycles. The van der Waals surface area contributed by atoms with Crippen LogP contribution in [0.1, 0.15) is 19.3 Å². The lowest BCUT2D eigenvalue weighted by Gasteiger charge is -2.34. The van der Waals surface area contributed by atoms with E-state index in [1.54, 1.807) is 0 Å². The molecule has 3 rings (SSSR count). The van der Waals surface area contributed by atoms with Crippen LogP contribution in [0, 0.1) is 5.41 Å². The van der Waals surface area contributed by atoms with Crippen molar-refractivity contribution in [2.24, 2.45) is 5.41 Å². The molecule has 0 unspecified atom stereocenters. The van der Waals surface area contributed by atoms with Crippen LogP contribution in [0.25, 0.3) is 0 Å². The van der Waals surface area contributed by atoms with Gasteiger partial charge in [-0.15, -0.1) is 0 Å². The van der Waals surface area contributed by atoms with Gasteiger partial charge in [0.15, 0.2) is 0 Å². The number of nitrogens with zero attached hydrogens (tertiary/aromatic N) is 2. The standard InChI is InChI=1S/C19H27N3O3/c1-21-12-9-19(18(24)20-15-6-4-3-5-7-15)10-13-22(11-8-16(19)21)17(23)14-25-2/h3-7,16H,8-14H2,1-2H3,(H,20,24)/t16-,19-/m1/s1. The second-order valence-corrected chi connectivity index (χ2v) is 7.08. The normalized spacial score (nSPS) is 26.8. The Labute approximate surface area is 149 Å². The van der Waals surface area contributed by atoms with E-state index >= 15 is 0 Å². The highest BCUT2D eigenvalue weighted by Crippen LogP contribution is 2.43. The first-order chi connectivity index (χ1) is 12.1. The third-order valence-electron chi connectivity index (χ3n) is 5.69. The van der Waals surface area contributed by atoms with Gasteiger partial charge in [0.2, 0.25) is 11.8 Å². The molecule has 0 bridgehead atoms. The number of nitrogens with one attached hydrogen (secondary N) is 1. The number of carbonyl (C=O) groups is 2. The lowest BCUT2D eigenvalue weighted by molar-refractivity contribution is -0.135. The molecule has 0 aliphatic carbocycles. The largest absolute Gasteiger partial charge is 0.375 e. The highest BCUT2D eigenvalue weighted by atomic mass is 16.5. The molecular formula is C19H27N3O3. The van der Waals surface area contributed by atoms with Crippen molar-refractivity contribution >= 4 is 17.5 Å². The van der Waals surface area contributed by atoms with E-state index in [4.69, 9.17) is 4.74 Å². The molecule has 6 nitrogen and oxygen atoms in total. The minimum absolute atomic E-state index is 0.00347. The summed E-state index contributed by atoms with van der Waals surface area (Å²) in [5, 5.41) is 3.10. The van der Waals surface area contributed by atoms with Crippen LogP contribution in [0.2, 0.25) is 0 Å². The molecule has 2 aliphatic heterocycles. The molecule has 1 aromatic carbocycles. The molecule has 136 valence electrons. The first-order valence-electron chi connectivity index (χ1n) is 8.90. The lowest BCUT2D eigenvalue weighted by atomic mass is 9.75. The van der Waals surface area contributed by atoms with Crippen LogP contribution in [0.4, 0.5) is 5.69 Å². The quantitative estimate of drug-likeness (QED) is 0.900. The highest BCUT2D eigenvalue weighted by Gasteiger charge is 2.52. The number of hydrogen-bond donors (Lipinski definition) is 1. The lowest BCUT2D eigenvalue weighted by Crippen LogP contribution is -2.46. The van der Waals surface area contributed by atoms with Gasteiger partial charge in [0.25, 0.3) is 0 Å². The summed E-state index contributed by atoms with van der Waals surface area (Å²) in [5.74, 6) is 0.0813. The Morgan fingerprint density at radius 2 is 1.92 bits per heavy atom. The Hall–Kier alpha value is -1.92. The number of carbonyl (C=O) groups excluding carboxylic acids is 2. The Kier molecular flexibility index (Phi) is 5.39. The van der Waals surface area contributed by atoms with E-state index in [0.29, 0.717) is 19.5 Å². The van der Waals surface area contributed by atoms with Gasteiger partial charge in [-0.05, 0) is 45.0 Å². The van der Waals surface area contributed by atoms with Gasteiger partial charge >= 0.3 is 0 Å². The maximum Gasteiger partial charge on any atom is 0.248 e. The molecule has 25 heavy (non-hydrogen) atoms. The second-order valence-electron chi connectivity index (χ2n) is 7.08. The van der Waals surface area contributed by atoms with Crippen LogP contribution in [-0.4, -0.2) is 68.1 Å². The van der Waals surface area contributed by atoms with Gasteiger partial charge < -0.3 is 19.9 Å². The summed E-state index contributed by atoms with van der Waals surface area (Å²) in [7, 11) is 3.61. The smallest absolute Gasteiger partial charge is 0.248 e. The van der Waals surface area contributed by atoms with E-state index in [1.807, 2.05) is 35.2 Å². The number of fused-ring (bicyclic) bond motifs is 1. The minimum atomic E-state index is -0.438. The molecule has 2 saturated heterocycles. The maximum absolute atomic E-state index is 13.2. The maximum atomic E-state index is 13.2. The van der Waals surface area contributed by atoms with Crippen molar-refractivity contribution in [3.8, 4) is 0 Å². The second kappa shape index (κ2) is 7.54. The predicted octanol–water partition coefficient (Wildman–Crippen LogP) is 1.58. The van der Waals surface area contributed by atoms with Crippen molar-refractivity contribution in [2.75, 3.05) is 45.7 Å². The SMILES string of the molecule is COCC(=O)N1CC[C@H]2N(C)CC[C@@]2(C(=O)Nc2ccccc2)CC1. The number of rotatable bonds is 4. The minimum Gasteiger partial charge on any atom is -0.375 e. The molecule has 2 heterocycles. The molecule has 2 amide bonds. The predicted molar refractivity (Wildman–Crippen MR) is 96.2 cm³/mol. The molecular weight excluding hydrogens is 318 g/mol. The fourth-order valence-electron chi connectivity index (χ4n) is 4.25. The summed E-state index contributed by atoms with van der Waals surface area (Å²) in [5.41, 5.74) is 0.388. The molecule has 2 aliphatic rings. The molecule has 1 aromatic rings. The van der Waals surface area contributed by atoms with Gasteiger partial charge in [-0.3, -0.25) is 9.59 Å². The van der Waals surface area contributed by atoms with E-state index in [-0.39, 0.29) is 24.5 Å². The van der Waals surface area contributed by atoms with Gasteiger partial charge in [0.05, 0.1) is 5.41 Å². The van der Waals surface area contributed by atoms with Gasteiger partial charge in [-0.2, -0.15) is 0 Å². The Balaban J connectivity index is 1.79. The number of benzene rings is 1. The van der Waals surface area contributed by atoms with Crippen LogP contribution in [0.5, 0.6) is 0 Å². The summed E-state index contributed by atoms with van der Waals surface area (Å²) in [4.78, 5) is 29.5. The van der Waals surface area contributed by atoms with Crippen molar-refractivity contribution in [3.63, 3.8) is 0 Å².